The number of fused-ring (bicyclic) bond motifs is 2. The summed E-state index contributed by atoms with van der Waals surface area (Å²) in [6, 6.07) is 24.4. The second-order valence-corrected chi connectivity index (χ2v) is 8.85. The van der Waals surface area contributed by atoms with E-state index in [0.29, 0.717) is 17.0 Å². The third-order valence-electron chi connectivity index (χ3n) is 5.31. The van der Waals surface area contributed by atoms with Crippen molar-refractivity contribution in [2.75, 3.05) is 5.32 Å². The summed E-state index contributed by atoms with van der Waals surface area (Å²) in [7, 11) is 0. The number of hydrogen-bond acceptors (Lipinski definition) is 4. The summed E-state index contributed by atoms with van der Waals surface area (Å²) >= 11 is 1.49. The fraction of sp³-hybridized carbons (Fsp3) is 0.120. The van der Waals surface area contributed by atoms with Crippen molar-refractivity contribution in [1.29, 1.82) is 0 Å². The lowest BCUT2D eigenvalue weighted by Crippen LogP contribution is -2.30. The van der Waals surface area contributed by atoms with E-state index < -0.39 is 6.04 Å². The monoisotopic (exact) mass is 428 g/mol. The van der Waals surface area contributed by atoms with E-state index in [0.717, 1.165) is 21.4 Å². The molecule has 2 amide bonds. The topological polar surface area (TPSA) is 71.3 Å². The summed E-state index contributed by atoms with van der Waals surface area (Å²) < 4.78 is 6.06. The number of amides is 2. The van der Waals surface area contributed by atoms with Gasteiger partial charge < -0.3 is 15.1 Å². The number of carbonyl (C=O) groups is 2. The van der Waals surface area contributed by atoms with Crippen LogP contribution in [0.15, 0.2) is 88.2 Å². The predicted octanol–water partition coefficient (Wildman–Crippen LogP) is 5.38. The first-order valence-corrected chi connectivity index (χ1v) is 10.9. The third-order valence-corrected chi connectivity index (χ3v) is 6.49. The minimum atomic E-state index is -0.443. The lowest BCUT2D eigenvalue weighted by atomic mass is 10.0. The van der Waals surface area contributed by atoms with E-state index in [2.05, 4.69) is 10.6 Å². The molecule has 1 aromatic heterocycles. The molecule has 2 N–H and O–H groups in total. The van der Waals surface area contributed by atoms with Crippen molar-refractivity contribution in [2.24, 2.45) is 0 Å². The molecule has 2 atom stereocenters. The summed E-state index contributed by atoms with van der Waals surface area (Å²) in [5.74, 6) is 0.367. The van der Waals surface area contributed by atoms with E-state index in [9.17, 15) is 9.59 Å². The van der Waals surface area contributed by atoms with Gasteiger partial charge in [-0.05, 0) is 42.8 Å². The Labute approximate surface area is 183 Å². The molecule has 31 heavy (non-hydrogen) atoms. The average Bonchev–Trinajstić information content (AvgIpc) is 3.22. The Kier molecular flexibility index (Phi) is 5.00. The van der Waals surface area contributed by atoms with Gasteiger partial charge in [-0.1, -0.05) is 48.5 Å². The van der Waals surface area contributed by atoms with Crippen LogP contribution in [0.2, 0.25) is 0 Å². The lowest BCUT2D eigenvalue weighted by molar-refractivity contribution is -0.115. The molecule has 3 aromatic carbocycles. The molecule has 6 heteroatoms. The Balaban J connectivity index is 1.48. The third kappa shape index (κ3) is 3.82. The normalized spacial score (nSPS) is 16.4. The molecular weight excluding hydrogens is 408 g/mol. The van der Waals surface area contributed by atoms with Gasteiger partial charge in [0.25, 0.3) is 5.91 Å². The molecule has 154 valence electrons. The summed E-state index contributed by atoms with van der Waals surface area (Å²) in [6.07, 6.45) is 0. The number of anilines is 1. The molecule has 1 aliphatic heterocycles. The summed E-state index contributed by atoms with van der Waals surface area (Å²) in [5.41, 5.74) is 2.84. The zero-order valence-corrected chi connectivity index (χ0v) is 17.6. The van der Waals surface area contributed by atoms with Crippen molar-refractivity contribution in [3.8, 4) is 0 Å². The molecule has 0 aliphatic carbocycles. The van der Waals surface area contributed by atoms with Crippen LogP contribution in [0.5, 0.6) is 0 Å². The maximum atomic E-state index is 13.2. The highest BCUT2D eigenvalue weighted by Gasteiger charge is 2.25. The van der Waals surface area contributed by atoms with Crippen LogP contribution in [-0.2, 0) is 4.79 Å². The number of rotatable bonds is 4. The number of thioether (sulfide) groups is 1. The van der Waals surface area contributed by atoms with E-state index in [1.54, 1.807) is 12.1 Å². The standard InChI is InChI=1S/C25H20N2O3S/c1-15-24(28)26-19-13-18(11-12-22(19)31-15)25(29)27-23(16-7-3-2-4-8-16)21-14-17-9-5-6-10-20(17)30-21/h2-15,23H,1H3,(H,26,28)(H,27,29). The molecule has 5 nitrogen and oxygen atoms in total. The molecule has 0 radical (unpaired) electrons. The highest BCUT2D eigenvalue weighted by atomic mass is 32.2. The minimum Gasteiger partial charge on any atom is -0.459 e. The van der Waals surface area contributed by atoms with Crippen LogP contribution < -0.4 is 10.6 Å². The van der Waals surface area contributed by atoms with Crippen molar-refractivity contribution < 1.29 is 14.0 Å². The molecule has 0 bridgehead atoms. The Hall–Kier alpha value is -3.51. The molecule has 0 saturated heterocycles. The Morgan fingerprint density at radius 1 is 1.03 bits per heavy atom. The summed E-state index contributed by atoms with van der Waals surface area (Å²) in [4.78, 5) is 26.2. The molecular formula is C25H20N2O3S. The van der Waals surface area contributed by atoms with Gasteiger partial charge in [-0.2, -0.15) is 0 Å². The average molecular weight is 429 g/mol. The first kappa shape index (κ1) is 19.5. The minimum absolute atomic E-state index is 0.0560. The van der Waals surface area contributed by atoms with Crippen LogP contribution in [0.25, 0.3) is 11.0 Å². The molecule has 1 aliphatic rings. The van der Waals surface area contributed by atoms with Gasteiger partial charge in [0.2, 0.25) is 5.91 Å². The fourth-order valence-corrected chi connectivity index (χ4v) is 4.60. The van der Waals surface area contributed by atoms with Gasteiger partial charge in [0.05, 0.1) is 10.9 Å². The number of para-hydroxylation sites is 1. The van der Waals surface area contributed by atoms with Crippen LogP contribution in [-0.4, -0.2) is 17.1 Å². The summed E-state index contributed by atoms with van der Waals surface area (Å²) in [6.45, 7) is 1.86. The van der Waals surface area contributed by atoms with Crippen LogP contribution >= 0.6 is 11.8 Å². The number of hydrogen-bond donors (Lipinski definition) is 2. The van der Waals surface area contributed by atoms with E-state index >= 15 is 0 Å². The smallest absolute Gasteiger partial charge is 0.252 e. The quantitative estimate of drug-likeness (QED) is 0.457. The Morgan fingerprint density at radius 3 is 2.61 bits per heavy atom. The number of benzene rings is 3. The van der Waals surface area contributed by atoms with Gasteiger partial charge in [0.1, 0.15) is 17.4 Å². The van der Waals surface area contributed by atoms with Crippen molar-refractivity contribution >= 4 is 40.2 Å². The van der Waals surface area contributed by atoms with E-state index in [-0.39, 0.29) is 17.1 Å². The van der Waals surface area contributed by atoms with Crippen LogP contribution in [0.3, 0.4) is 0 Å². The van der Waals surface area contributed by atoms with Gasteiger partial charge in [-0.25, -0.2) is 0 Å². The van der Waals surface area contributed by atoms with Gasteiger partial charge in [-0.3, -0.25) is 9.59 Å². The second kappa shape index (κ2) is 7.96. The summed E-state index contributed by atoms with van der Waals surface area (Å²) in [5, 5.41) is 6.81. The fourth-order valence-electron chi connectivity index (χ4n) is 3.67. The zero-order valence-electron chi connectivity index (χ0n) is 16.8. The highest BCUT2D eigenvalue weighted by molar-refractivity contribution is 8.00. The van der Waals surface area contributed by atoms with Crippen molar-refractivity contribution in [1.82, 2.24) is 5.32 Å². The maximum absolute atomic E-state index is 13.2. The van der Waals surface area contributed by atoms with E-state index in [1.165, 1.54) is 11.8 Å². The predicted molar refractivity (Wildman–Crippen MR) is 122 cm³/mol. The molecule has 0 saturated carbocycles. The molecule has 0 spiro atoms. The Morgan fingerprint density at radius 2 is 1.81 bits per heavy atom. The SMILES string of the molecule is CC1Sc2ccc(C(=O)NC(c3ccccc3)c3cc4ccccc4o3)cc2NC1=O. The second-order valence-electron chi connectivity index (χ2n) is 7.46. The van der Waals surface area contributed by atoms with E-state index in [1.807, 2.05) is 73.7 Å². The number of carbonyl (C=O) groups excluding carboxylic acids is 2. The Bertz CT molecular complexity index is 1250. The van der Waals surface area contributed by atoms with E-state index in [4.69, 9.17) is 4.42 Å². The van der Waals surface area contributed by atoms with Crippen LogP contribution in [0.4, 0.5) is 5.69 Å². The number of furan rings is 1. The van der Waals surface area contributed by atoms with Gasteiger partial charge >= 0.3 is 0 Å². The van der Waals surface area contributed by atoms with Crippen molar-refractivity contribution in [3.63, 3.8) is 0 Å². The van der Waals surface area contributed by atoms with Crippen molar-refractivity contribution in [3.05, 3.63) is 95.7 Å². The van der Waals surface area contributed by atoms with Crippen LogP contribution in [0.1, 0.15) is 34.6 Å². The van der Waals surface area contributed by atoms with Crippen molar-refractivity contribution in [2.45, 2.75) is 23.1 Å². The van der Waals surface area contributed by atoms with Gasteiger partial charge in [0.15, 0.2) is 0 Å². The first-order chi connectivity index (χ1) is 15.1. The molecule has 2 unspecified atom stereocenters. The lowest BCUT2D eigenvalue weighted by Gasteiger charge is -2.22. The largest absolute Gasteiger partial charge is 0.459 e. The number of nitrogens with one attached hydrogen (secondary N) is 2. The molecule has 0 fully saturated rings. The first-order valence-electron chi connectivity index (χ1n) is 10.0. The van der Waals surface area contributed by atoms with Gasteiger partial charge in [-0.15, -0.1) is 11.8 Å². The molecule has 2 heterocycles. The maximum Gasteiger partial charge on any atom is 0.252 e. The molecule has 4 aromatic rings. The van der Waals surface area contributed by atoms with Gasteiger partial charge in [0, 0.05) is 15.8 Å². The zero-order chi connectivity index (χ0) is 21.4. The molecule has 5 rings (SSSR count). The highest BCUT2D eigenvalue weighted by Crippen LogP contribution is 2.36. The van der Waals surface area contributed by atoms with Crippen LogP contribution in [0, 0.1) is 0 Å².